The van der Waals surface area contributed by atoms with Crippen LogP contribution < -0.4 is 0 Å². The molecular formula is C18H14N4O2S2. The number of rotatable bonds is 4. The van der Waals surface area contributed by atoms with Crippen molar-refractivity contribution in [2.24, 2.45) is 0 Å². The summed E-state index contributed by atoms with van der Waals surface area (Å²) in [5.41, 5.74) is 1.87. The molecule has 3 aromatic heterocycles. The third kappa shape index (κ3) is 2.67. The van der Waals surface area contributed by atoms with Crippen molar-refractivity contribution in [2.75, 3.05) is 6.26 Å². The van der Waals surface area contributed by atoms with Crippen LogP contribution in [0, 0.1) is 0 Å². The number of nitrogens with zero attached hydrogens (tertiary/aromatic N) is 4. The molecule has 0 radical (unpaired) electrons. The zero-order valence-corrected chi connectivity index (χ0v) is 15.4. The molecule has 0 saturated carbocycles. The van der Waals surface area contributed by atoms with E-state index in [1.807, 2.05) is 12.1 Å². The van der Waals surface area contributed by atoms with Gasteiger partial charge in [-0.15, -0.1) is 11.8 Å². The molecule has 0 unspecified atom stereocenters. The molecule has 8 heteroatoms. The number of hydrogen-bond donors (Lipinski definition) is 0. The highest BCUT2D eigenvalue weighted by molar-refractivity contribution is 7.99. The first-order chi connectivity index (χ1) is 12.6. The highest BCUT2D eigenvalue weighted by Gasteiger charge is 2.29. The van der Waals surface area contributed by atoms with Crippen LogP contribution in [0.3, 0.4) is 0 Å². The third-order valence-electron chi connectivity index (χ3n) is 3.92. The quantitative estimate of drug-likeness (QED) is 0.504. The maximum Gasteiger partial charge on any atom is 0.213 e. The SMILES string of the molecule is CSc1nn2c(-c3cccnc3)ccnc2c1S(=O)(=O)c1ccccc1. The Morgan fingerprint density at radius 1 is 1.00 bits per heavy atom. The van der Waals surface area contributed by atoms with Crippen LogP contribution in [0.5, 0.6) is 0 Å². The Balaban J connectivity index is 2.03. The van der Waals surface area contributed by atoms with E-state index in [1.54, 1.807) is 65.8 Å². The second kappa shape index (κ2) is 6.54. The molecule has 0 fully saturated rings. The molecule has 0 atom stereocenters. The van der Waals surface area contributed by atoms with E-state index in [9.17, 15) is 8.42 Å². The Kier molecular flexibility index (Phi) is 4.21. The Hall–Kier alpha value is -2.71. The summed E-state index contributed by atoms with van der Waals surface area (Å²) in [7, 11) is -3.75. The normalized spacial score (nSPS) is 11.7. The molecular weight excluding hydrogens is 368 g/mol. The van der Waals surface area contributed by atoms with Gasteiger partial charge in [0.25, 0.3) is 0 Å². The van der Waals surface area contributed by atoms with Gasteiger partial charge in [0.15, 0.2) is 10.5 Å². The number of pyridine rings is 1. The lowest BCUT2D eigenvalue weighted by Gasteiger charge is -2.05. The van der Waals surface area contributed by atoms with E-state index in [1.165, 1.54) is 11.8 Å². The van der Waals surface area contributed by atoms with Crippen molar-refractivity contribution in [1.82, 2.24) is 19.6 Å². The summed E-state index contributed by atoms with van der Waals surface area (Å²) >= 11 is 1.28. The van der Waals surface area contributed by atoms with Crippen molar-refractivity contribution >= 4 is 27.2 Å². The number of aromatic nitrogens is 4. The van der Waals surface area contributed by atoms with Crippen LogP contribution in [-0.2, 0) is 9.84 Å². The zero-order valence-electron chi connectivity index (χ0n) is 13.8. The molecule has 0 amide bonds. The number of hydrogen-bond acceptors (Lipinski definition) is 6. The summed E-state index contributed by atoms with van der Waals surface area (Å²) in [5.74, 6) is 0. The second-order valence-electron chi connectivity index (χ2n) is 5.46. The summed E-state index contributed by atoms with van der Waals surface area (Å²) < 4.78 is 28.0. The predicted molar refractivity (Wildman–Crippen MR) is 99.9 cm³/mol. The van der Waals surface area contributed by atoms with Gasteiger partial charge >= 0.3 is 0 Å². The van der Waals surface area contributed by atoms with Gasteiger partial charge in [-0.2, -0.15) is 5.10 Å². The Morgan fingerprint density at radius 3 is 2.50 bits per heavy atom. The van der Waals surface area contributed by atoms with E-state index in [0.29, 0.717) is 10.7 Å². The largest absolute Gasteiger partial charge is 0.264 e. The van der Waals surface area contributed by atoms with Gasteiger partial charge in [0.1, 0.15) is 5.03 Å². The van der Waals surface area contributed by atoms with Crippen molar-refractivity contribution in [1.29, 1.82) is 0 Å². The van der Waals surface area contributed by atoms with Crippen molar-refractivity contribution in [3.05, 3.63) is 67.1 Å². The molecule has 1 aromatic carbocycles. The van der Waals surface area contributed by atoms with Gasteiger partial charge in [-0.1, -0.05) is 18.2 Å². The monoisotopic (exact) mass is 382 g/mol. The van der Waals surface area contributed by atoms with E-state index in [-0.39, 0.29) is 9.79 Å². The van der Waals surface area contributed by atoms with Gasteiger partial charge in [-0.3, -0.25) is 4.98 Å². The minimum atomic E-state index is -3.75. The zero-order chi connectivity index (χ0) is 18.1. The lowest BCUT2D eigenvalue weighted by atomic mass is 10.2. The highest BCUT2D eigenvalue weighted by atomic mass is 32.2. The molecule has 4 aromatic rings. The molecule has 0 N–H and O–H groups in total. The minimum Gasteiger partial charge on any atom is -0.264 e. The topological polar surface area (TPSA) is 77.2 Å². The van der Waals surface area contributed by atoms with Crippen LogP contribution in [-0.4, -0.2) is 34.3 Å². The van der Waals surface area contributed by atoms with Crippen LogP contribution in [0.1, 0.15) is 0 Å². The van der Waals surface area contributed by atoms with Gasteiger partial charge in [0.2, 0.25) is 9.84 Å². The fraction of sp³-hybridized carbons (Fsp3) is 0.0556. The molecule has 26 heavy (non-hydrogen) atoms. The Labute approximate surface area is 154 Å². The lowest BCUT2D eigenvalue weighted by Crippen LogP contribution is -2.04. The highest BCUT2D eigenvalue weighted by Crippen LogP contribution is 2.33. The van der Waals surface area contributed by atoms with E-state index in [4.69, 9.17) is 0 Å². The van der Waals surface area contributed by atoms with Crippen molar-refractivity contribution in [3.63, 3.8) is 0 Å². The number of benzene rings is 1. The first-order valence-electron chi connectivity index (χ1n) is 7.75. The molecule has 4 rings (SSSR count). The van der Waals surface area contributed by atoms with Crippen molar-refractivity contribution < 1.29 is 8.42 Å². The molecule has 6 nitrogen and oxygen atoms in total. The summed E-state index contributed by atoms with van der Waals surface area (Å²) in [6.07, 6.45) is 6.78. The number of thioether (sulfide) groups is 1. The van der Waals surface area contributed by atoms with Crippen molar-refractivity contribution in [2.45, 2.75) is 14.8 Å². The summed E-state index contributed by atoms with van der Waals surface area (Å²) in [6.45, 7) is 0. The van der Waals surface area contributed by atoms with Gasteiger partial charge in [-0.25, -0.2) is 17.9 Å². The molecule has 130 valence electrons. The third-order valence-corrected chi connectivity index (χ3v) is 6.53. The van der Waals surface area contributed by atoms with Crippen LogP contribution in [0.4, 0.5) is 0 Å². The first kappa shape index (κ1) is 16.7. The van der Waals surface area contributed by atoms with Crippen LogP contribution in [0.2, 0.25) is 0 Å². The maximum absolute atomic E-state index is 13.2. The predicted octanol–water partition coefficient (Wildman–Crippen LogP) is 3.35. The first-order valence-corrected chi connectivity index (χ1v) is 10.5. The minimum absolute atomic E-state index is 0.127. The molecule has 0 aliphatic carbocycles. The van der Waals surface area contributed by atoms with Crippen LogP contribution >= 0.6 is 11.8 Å². The van der Waals surface area contributed by atoms with Gasteiger partial charge in [-0.05, 0) is 36.6 Å². The molecule has 0 saturated heterocycles. The lowest BCUT2D eigenvalue weighted by molar-refractivity contribution is 0.594. The van der Waals surface area contributed by atoms with Gasteiger partial charge in [0, 0.05) is 24.2 Å². The fourth-order valence-electron chi connectivity index (χ4n) is 2.72. The molecule has 0 spiro atoms. The second-order valence-corrected chi connectivity index (χ2v) is 8.14. The molecule has 0 aliphatic heterocycles. The fourth-order valence-corrected chi connectivity index (χ4v) is 5.15. The Morgan fingerprint density at radius 2 is 1.81 bits per heavy atom. The molecule has 3 heterocycles. The van der Waals surface area contributed by atoms with Crippen LogP contribution in [0.15, 0.2) is 81.9 Å². The van der Waals surface area contributed by atoms with E-state index < -0.39 is 9.84 Å². The molecule has 0 bridgehead atoms. The van der Waals surface area contributed by atoms with Gasteiger partial charge in [0.05, 0.1) is 10.6 Å². The van der Waals surface area contributed by atoms with E-state index in [0.717, 1.165) is 11.3 Å². The number of fused-ring (bicyclic) bond motifs is 1. The van der Waals surface area contributed by atoms with Crippen LogP contribution in [0.25, 0.3) is 16.9 Å². The van der Waals surface area contributed by atoms with Gasteiger partial charge < -0.3 is 0 Å². The summed E-state index contributed by atoms with van der Waals surface area (Å²) in [5, 5.41) is 4.92. The Bertz CT molecular complexity index is 1170. The van der Waals surface area contributed by atoms with E-state index in [2.05, 4.69) is 15.1 Å². The standard InChI is InChI=1S/C18H14N4O2S2/c1-25-18-16(26(23,24)14-7-3-2-4-8-14)17-20-11-9-15(22(17)21-18)13-6-5-10-19-12-13/h2-12H,1H3. The van der Waals surface area contributed by atoms with E-state index >= 15 is 0 Å². The average molecular weight is 382 g/mol. The summed E-state index contributed by atoms with van der Waals surface area (Å²) in [4.78, 5) is 8.79. The molecule has 0 aliphatic rings. The maximum atomic E-state index is 13.2. The smallest absolute Gasteiger partial charge is 0.213 e. The van der Waals surface area contributed by atoms with Crippen molar-refractivity contribution in [3.8, 4) is 11.3 Å². The summed E-state index contributed by atoms with van der Waals surface area (Å²) in [6, 6.07) is 13.8. The number of sulfone groups is 1. The average Bonchev–Trinajstić information content (AvgIpc) is 3.09.